The Kier molecular flexibility index (Phi) is 6.57. The molecule has 0 aliphatic heterocycles. The van der Waals surface area contributed by atoms with Crippen molar-refractivity contribution in [2.24, 2.45) is 0 Å². The number of nitrogens with one attached hydrogen (secondary N) is 1. The number of ether oxygens (including phenoxy) is 2. The van der Waals surface area contributed by atoms with E-state index >= 15 is 0 Å². The third kappa shape index (κ3) is 6.03. The second kappa shape index (κ2) is 8.66. The molecule has 1 heterocycles. The van der Waals surface area contributed by atoms with Crippen LogP contribution in [-0.2, 0) is 17.7 Å². The van der Waals surface area contributed by atoms with Crippen molar-refractivity contribution < 1.29 is 19.4 Å². The summed E-state index contributed by atoms with van der Waals surface area (Å²) in [5.41, 5.74) is 1.01. The van der Waals surface area contributed by atoms with E-state index < -0.39 is 17.7 Å². The molecule has 0 aliphatic rings. The highest BCUT2D eigenvalue weighted by molar-refractivity contribution is 5.68. The average Bonchev–Trinajstić information content (AvgIpc) is 3.02. The van der Waals surface area contributed by atoms with E-state index in [0.717, 1.165) is 11.3 Å². The van der Waals surface area contributed by atoms with E-state index in [2.05, 4.69) is 15.5 Å². The van der Waals surface area contributed by atoms with Crippen LogP contribution in [0.25, 0.3) is 0 Å². The van der Waals surface area contributed by atoms with Crippen LogP contribution < -0.4 is 10.1 Å². The Balaban J connectivity index is 2.17. The molecule has 26 heavy (non-hydrogen) atoms. The summed E-state index contributed by atoms with van der Waals surface area (Å²) in [6.07, 6.45) is 1.58. The van der Waals surface area contributed by atoms with Crippen molar-refractivity contribution in [2.45, 2.75) is 45.4 Å². The van der Waals surface area contributed by atoms with Crippen molar-refractivity contribution in [3.05, 3.63) is 41.7 Å². The number of aliphatic hydroxyl groups excluding tert-OH is 1. The molecule has 1 aromatic heterocycles. The Morgan fingerprint density at radius 1 is 1.31 bits per heavy atom. The molecule has 8 nitrogen and oxygen atoms in total. The minimum atomic E-state index is -0.594. The first kappa shape index (κ1) is 19.7. The number of aliphatic hydroxyl groups is 1. The summed E-state index contributed by atoms with van der Waals surface area (Å²) in [5, 5.41) is 20.3. The molecule has 0 spiro atoms. The molecular formula is C18H26N4O4. The van der Waals surface area contributed by atoms with E-state index in [-0.39, 0.29) is 6.61 Å². The number of carbonyl (C=O) groups excluding carboxylic acids is 1. The molecule has 0 saturated heterocycles. The molecule has 8 heteroatoms. The number of nitrogens with zero attached hydrogens (tertiary/aromatic N) is 3. The van der Waals surface area contributed by atoms with Gasteiger partial charge in [-0.15, -0.1) is 0 Å². The Morgan fingerprint density at radius 2 is 2.00 bits per heavy atom. The number of alkyl carbamates (subject to hydrolysis) is 1. The molecule has 0 bridgehead atoms. The van der Waals surface area contributed by atoms with Gasteiger partial charge in [0.15, 0.2) is 0 Å². The maximum atomic E-state index is 12.2. The SMILES string of the molecule is COc1ccc(C[C@H](NC(=O)OC(C)(C)C)c2cnn(CCO)n2)cc1. The summed E-state index contributed by atoms with van der Waals surface area (Å²) >= 11 is 0. The molecule has 1 atom stereocenters. The monoisotopic (exact) mass is 362 g/mol. The average molecular weight is 362 g/mol. The van der Waals surface area contributed by atoms with E-state index in [4.69, 9.17) is 14.6 Å². The molecule has 0 aliphatic carbocycles. The number of amides is 1. The third-order valence-electron chi connectivity index (χ3n) is 3.50. The minimum absolute atomic E-state index is 0.0588. The fourth-order valence-corrected chi connectivity index (χ4v) is 2.34. The molecule has 142 valence electrons. The summed E-state index contributed by atoms with van der Waals surface area (Å²) in [5.74, 6) is 0.763. The van der Waals surface area contributed by atoms with Crippen LogP contribution in [0.2, 0.25) is 0 Å². The first-order valence-corrected chi connectivity index (χ1v) is 8.44. The molecule has 1 amide bonds. The second-order valence-electron chi connectivity index (χ2n) is 6.84. The molecule has 1 aromatic carbocycles. The van der Waals surface area contributed by atoms with Crippen molar-refractivity contribution in [1.82, 2.24) is 20.3 Å². The third-order valence-corrected chi connectivity index (χ3v) is 3.50. The quantitative estimate of drug-likeness (QED) is 0.782. The number of aromatic nitrogens is 3. The molecule has 0 saturated carbocycles. The lowest BCUT2D eigenvalue weighted by atomic mass is 10.0. The van der Waals surface area contributed by atoms with Crippen molar-refractivity contribution in [2.75, 3.05) is 13.7 Å². The lowest BCUT2D eigenvalue weighted by Gasteiger charge is -2.23. The summed E-state index contributed by atoms with van der Waals surface area (Å²) in [7, 11) is 1.61. The lowest BCUT2D eigenvalue weighted by molar-refractivity contribution is 0.0502. The highest BCUT2D eigenvalue weighted by atomic mass is 16.6. The fourth-order valence-electron chi connectivity index (χ4n) is 2.34. The van der Waals surface area contributed by atoms with Crippen LogP contribution in [0, 0.1) is 0 Å². The van der Waals surface area contributed by atoms with E-state index in [9.17, 15) is 4.79 Å². The minimum Gasteiger partial charge on any atom is -0.497 e. The van der Waals surface area contributed by atoms with Crippen LogP contribution in [0.4, 0.5) is 4.79 Å². The van der Waals surface area contributed by atoms with Crippen LogP contribution in [0.3, 0.4) is 0 Å². The Bertz CT molecular complexity index is 707. The molecule has 0 fully saturated rings. The summed E-state index contributed by atoms with van der Waals surface area (Å²) in [4.78, 5) is 13.6. The predicted octanol–water partition coefficient (Wildman–Crippen LogP) is 2.09. The Labute approximate surface area is 153 Å². The van der Waals surface area contributed by atoms with Crippen LogP contribution in [-0.4, -0.2) is 45.5 Å². The van der Waals surface area contributed by atoms with Gasteiger partial charge >= 0.3 is 6.09 Å². The van der Waals surface area contributed by atoms with Crippen molar-refractivity contribution in [1.29, 1.82) is 0 Å². The zero-order valence-electron chi connectivity index (χ0n) is 15.6. The van der Waals surface area contributed by atoms with E-state index in [0.29, 0.717) is 18.7 Å². The molecule has 0 unspecified atom stereocenters. The van der Waals surface area contributed by atoms with Gasteiger partial charge in [0.25, 0.3) is 0 Å². The van der Waals surface area contributed by atoms with Crippen LogP contribution in [0.15, 0.2) is 30.5 Å². The Hall–Kier alpha value is -2.61. The van der Waals surface area contributed by atoms with Gasteiger partial charge in [-0.3, -0.25) is 0 Å². The van der Waals surface area contributed by atoms with Gasteiger partial charge in [-0.25, -0.2) is 4.79 Å². The lowest BCUT2D eigenvalue weighted by Crippen LogP contribution is -2.36. The highest BCUT2D eigenvalue weighted by Gasteiger charge is 2.23. The maximum Gasteiger partial charge on any atom is 0.408 e. The fraction of sp³-hybridized carbons (Fsp3) is 0.500. The summed E-state index contributed by atoms with van der Waals surface area (Å²) < 4.78 is 10.5. The zero-order valence-corrected chi connectivity index (χ0v) is 15.6. The second-order valence-corrected chi connectivity index (χ2v) is 6.84. The van der Waals surface area contributed by atoms with Gasteiger partial charge in [0.2, 0.25) is 0 Å². The summed E-state index contributed by atoms with van der Waals surface area (Å²) in [6.45, 7) is 5.66. The number of hydrogen-bond acceptors (Lipinski definition) is 6. The zero-order chi connectivity index (χ0) is 19.2. The van der Waals surface area contributed by atoms with Gasteiger partial charge in [0.05, 0.1) is 32.5 Å². The van der Waals surface area contributed by atoms with Gasteiger partial charge in [-0.1, -0.05) is 12.1 Å². The van der Waals surface area contributed by atoms with Crippen LogP contribution in [0.1, 0.15) is 38.1 Å². The number of hydrogen-bond donors (Lipinski definition) is 2. The molecular weight excluding hydrogens is 336 g/mol. The van der Waals surface area contributed by atoms with Gasteiger partial charge in [-0.05, 0) is 44.9 Å². The van der Waals surface area contributed by atoms with Gasteiger partial charge in [0, 0.05) is 0 Å². The first-order chi connectivity index (χ1) is 12.3. The van der Waals surface area contributed by atoms with Gasteiger partial charge in [0.1, 0.15) is 17.0 Å². The van der Waals surface area contributed by atoms with Crippen molar-refractivity contribution >= 4 is 6.09 Å². The normalized spacial score (nSPS) is 12.5. The number of rotatable bonds is 7. The highest BCUT2D eigenvalue weighted by Crippen LogP contribution is 2.20. The van der Waals surface area contributed by atoms with Crippen molar-refractivity contribution in [3.63, 3.8) is 0 Å². The van der Waals surface area contributed by atoms with E-state index in [1.165, 1.54) is 4.80 Å². The summed E-state index contributed by atoms with van der Waals surface area (Å²) in [6, 6.07) is 7.18. The number of carbonyl (C=O) groups is 1. The maximum absolute atomic E-state index is 12.2. The standard InChI is InChI=1S/C18H26N4O4/c1-18(2,3)26-17(24)20-15(16-12-19-22(21-16)9-10-23)11-13-5-7-14(25-4)8-6-13/h5-8,12,15,23H,9-11H2,1-4H3,(H,20,24)/t15-/m0/s1. The van der Waals surface area contributed by atoms with E-state index in [1.807, 2.05) is 45.0 Å². The molecule has 0 radical (unpaired) electrons. The smallest absolute Gasteiger partial charge is 0.408 e. The predicted molar refractivity (Wildman–Crippen MR) is 95.9 cm³/mol. The molecule has 2 rings (SSSR count). The van der Waals surface area contributed by atoms with Gasteiger partial charge in [-0.2, -0.15) is 15.0 Å². The topological polar surface area (TPSA) is 98.5 Å². The van der Waals surface area contributed by atoms with Crippen LogP contribution >= 0.6 is 0 Å². The van der Waals surface area contributed by atoms with Crippen molar-refractivity contribution in [3.8, 4) is 5.75 Å². The first-order valence-electron chi connectivity index (χ1n) is 8.44. The largest absolute Gasteiger partial charge is 0.497 e. The number of methoxy groups -OCH3 is 1. The number of benzene rings is 1. The molecule has 2 aromatic rings. The Morgan fingerprint density at radius 3 is 2.58 bits per heavy atom. The van der Waals surface area contributed by atoms with Gasteiger partial charge < -0.3 is 19.9 Å². The molecule has 2 N–H and O–H groups in total. The van der Waals surface area contributed by atoms with Crippen LogP contribution in [0.5, 0.6) is 5.75 Å². The van der Waals surface area contributed by atoms with E-state index in [1.54, 1.807) is 13.3 Å².